The minimum absolute atomic E-state index is 0.0798. The molecule has 94 valence electrons. The van der Waals surface area contributed by atoms with E-state index >= 15 is 0 Å². The van der Waals surface area contributed by atoms with Crippen LogP contribution in [0, 0.1) is 12.1 Å². The van der Waals surface area contributed by atoms with Crippen molar-refractivity contribution in [2.45, 2.75) is 6.42 Å². The van der Waals surface area contributed by atoms with Gasteiger partial charge in [0.05, 0.1) is 0 Å². The Morgan fingerprint density at radius 1 is 1.16 bits per heavy atom. The highest BCUT2D eigenvalue weighted by molar-refractivity contribution is 5.91. The molecule has 0 aliphatic carbocycles. The highest BCUT2D eigenvalue weighted by atomic mass is 16.1. The minimum atomic E-state index is -0.0798. The van der Waals surface area contributed by atoms with Crippen molar-refractivity contribution in [1.29, 1.82) is 0 Å². The molecule has 0 fully saturated rings. The fourth-order valence-electron chi connectivity index (χ4n) is 1.67. The van der Waals surface area contributed by atoms with Gasteiger partial charge < -0.3 is 5.32 Å². The fourth-order valence-corrected chi connectivity index (χ4v) is 1.67. The Morgan fingerprint density at radius 2 is 2.00 bits per heavy atom. The summed E-state index contributed by atoms with van der Waals surface area (Å²) in [5, 5.41) is 2.86. The molecule has 0 bridgehead atoms. The first-order valence-corrected chi connectivity index (χ1v) is 6.22. The maximum atomic E-state index is 11.6. The molecule has 1 N–H and O–H groups in total. The minimum Gasteiger partial charge on any atom is -0.352 e. The van der Waals surface area contributed by atoms with Crippen LogP contribution in [0.2, 0.25) is 0 Å². The number of carbonyl (C=O) groups excluding carboxylic acids is 1. The molecule has 0 saturated heterocycles. The van der Waals surface area contributed by atoms with E-state index in [-0.39, 0.29) is 5.91 Å². The van der Waals surface area contributed by atoms with Crippen molar-refractivity contribution in [3.8, 4) is 0 Å². The first-order valence-electron chi connectivity index (χ1n) is 6.22. The summed E-state index contributed by atoms with van der Waals surface area (Å²) in [4.78, 5) is 11.6. The van der Waals surface area contributed by atoms with Gasteiger partial charge in [-0.2, -0.15) is 0 Å². The largest absolute Gasteiger partial charge is 0.352 e. The molecular formula is C17H15NO. The van der Waals surface area contributed by atoms with E-state index < -0.39 is 0 Å². The number of hydrogen-bond donors (Lipinski definition) is 1. The fraction of sp³-hybridized carbons (Fsp3) is 0.118. The SMILES string of the molecule is O=C(/C=C/c1c[c][c]cc1)NCCc1ccccc1. The predicted octanol–water partition coefficient (Wildman–Crippen LogP) is 2.66. The Kier molecular flexibility index (Phi) is 4.94. The number of amides is 1. The second kappa shape index (κ2) is 7.17. The molecule has 2 heteroatoms. The van der Waals surface area contributed by atoms with Gasteiger partial charge in [0, 0.05) is 12.6 Å². The topological polar surface area (TPSA) is 29.1 Å². The second-order valence-corrected chi connectivity index (χ2v) is 4.13. The van der Waals surface area contributed by atoms with Crippen LogP contribution in [0.4, 0.5) is 0 Å². The van der Waals surface area contributed by atoms with Crippen LogP contribution >= 0.6 is 0 Å². The third-order valence-electron chi connectivity index (χ3n) is 2.66. The maximum absolute atomic E-state index is 11.6. The van der Waals surface area contributed by atoms with Gasteiger partial charge in [0.2, 0.25) is 5.91 Å². The Bertz CT molecular complexity index is 532. The van der Waals surface area contributed by atoms with Gasteiger partial charge in [-0.25, -0.2) is 0 Å². The quantitative estimate of drug-likeness (QED) is 0.811. The van der Waals surface area contributed by atoms with E-state index in [1.165, 1.54) is 11.6 Å². The first kappa shape index (κ1) is 13.1. The lowest BCUT2D eigenvalue weighted by atomic mass is 10.1. The molecule has 2 nitrogen and oxygen atoms in total. The highest BCUT2D eigenvalue weighted by Crippen LogP contribution is 2.00. The van der Waals surface area contributed by atoms with Crippen molar-refractivity contribution in [3.63, 3.8) is 0 Å². The standard InChI is InChI=1S/C17H15NO/c19-17(12-11-15-7-3-1-4-8-15)18-14-13-16-9-5-2-6-10-16/h2-3,5-12H,13-14H2,(H,18,19)/b12-11+. The summed E-state index contributed by atoms with van der Waals surface area (Å²) in [5.74, 6) is -0.0798. The van der Waals surface area contributed by atoms with Gasteiger partial charge in [-0.05, 0) is 41.8 Å². The second-order valence-electron chi connectivity index (χ2n) is 4.13. The summed E-state index contributed by atoms with van der Waals surface area (Å²) in [6.07, 6.45) is 4.14. The molecule has 0 aliphatic heterocycles. The van der Waals surface area contributed by atoms with Crippen molar-refractivity contribution in [1.82, 2.24) is 5.32 Å². The number of benzene rings is 2. The number of rotatable bonds is 5. The molecule has 2 aromatic rings. The van der Waals surface area contributed by atoms with Crippen LogP contribution in [0.3, 0.4) is 0 Å². The Hall–Kier alpha value is -2.35. The molecule has 2 rings (SSSR count). The van der Waals surface area contributed by atoms with Gasteiger partial charge in [-0.1, -0.05) is 42.5 Å². The summed E-state index contributed by atoms with van der Waals surface area (Å²) in [6.45, 7) is 0.641. The average molecular weight is 249 g/mol. The van der Waals surface area contributed by atoms with E-state index in [4.69, 9.17) is 0 Å². The molecule has 19 heavy (non-hydrogen) atoms. The van der Waals surface area contributed by atoms with Crippen LogP contribution in [-0.2, 0) is 11.2 Å². The van der Waals surface area contributed by atoms with Crippen LogP contribution in [0.15, 0.2) is 54.6 Å². The Morgan fingerprint density at radius 3 is 2.74 bits per heavy atom. The van der Waals surface area contributed by atoms with Crippen LogP contribution in [0.5, 0.6) is 0 Å². The molecule has 0 saturated carbocycles. The van der Waals surface area contributed by atoms with E-state index in [0.29, 0.717) is 6.54 Å². The Balaban J connectivity index is 1.75. The van der Waals surface area contributed by atoms with Gasteiger partial charge in [0.25, 0.3) is 0 Å². The molecular weight excluding hydrogens is 234 g/mol. The highest BCUT2D eigenvalue weighted by Gasteiger charge is 1.95. The lowest BCUT2D eigenvalue weighted by Gasteiger charge is -2.02. The molecule has 0 atom stereocenters. The average Bonchev–Trinajstić information content (AvgIpc) is 2.47. The lowest BCUT2D eigenvalue weighted by Crippen LogP contribution is -2.23. The molecule has 0 aromatic heterocycles. The van der Waals surface area contributed by atoms with Crippen molar-refractivity contribution < 1.29 is 4.79 Å². The predicted molar refractivity (Wildman–Crippen MR) is 76.3 cm³/mol. The van der Waals surface area contributed by atoms with Crippen molar-refractivity contribution in [2.75, 3.05) is 6.54 Å². The first-order chi connectivity index (χ1) is 9.34. The van der Waals surface area contributed by atoms with Crippen LogP contribution in [-0.4, -0.2) is 12.5 Å². The smallest absolute Gasteiger partial charge is 0.244 e. The lowest BCUT2D eigenvalue weighted by molar-refractivity contribution is -0.116. The summed E-state index contributed by atoms with van der Waals surface area (Å²) >= 11 is 0. The van der Waals surface area contributed by atoms with Crippen molar-refractivity contribution in [2.24, 2.45) is 0 Å². The van der Waals surface area contributed by atoms with E-state index in [2.05, 4.69) is 29.6 Å². The molecule has 2 aromatic carbocycles. The van der Waals surface area contributed by atoms with Crippen LogP contribution in [0.25, 0.3) is 6.08 Å². The summed E-state index contributed by atoms with van der Waals surface area (Å²) in [6, 6.07) is 21.2. The van der Waals surface area contributed by atoms with Gasteiger partial charge in [-0.15, -0.1) is 0 Å². The monoisotopic (exact) mass is 249 g/mol. The van der Waals surface area contributed by atoms with Gasteiger partial charge in [-0.3, -0.25) is 4.79 Å². The van der Waals surface area contributed by atoms with E-state index in [0.717, 1.165) is 12.0 Å². The van der Waals surface area contributed by atoms with E-state index in [1.54, 1.807) is 18.2 Å². The van der Waals surface area contributed by atoms with E-state index in [1.807, 2.05) is 24.3 Å². The van der Waals surface area contributed by atoms with Crippen molar-refractivity contribution in [3.05, 3.63) is 77.9 Å². The molecule has 0 aliphatic rings. The molecule has 2 radical (unpaired) electrons. The zero-order chi connectivity index (χ0) is 13.3. The van der Waals surface area contributed by atoms with E-state index in [9.17, 15) is 4.79 Å². The molecule has 0 heterocycles. The van der Waals surface area contributed by atoms with Crippen molar-refractivity contribution >= 4 is 12.0 Å². The number of carbonyl (C=O) groups is 1. The van der Waals surface area contributed by atoms with Crippen LogP contribution < -0.4 is 5.32 Å². The third-order valence-corrected chi connectivity index (χ3v) is 2.66. The Labute approximate surface area is 113 Å². The molecule has 0 unspecified atom stereocenters. The zero-order valence-electron chi connectivity index (χ0n) is 10.6. The van der Waals surface area contributed by atoms with Gasteiger partial charge in [0.1, 0.15) is 0 Å². The number of hydrogen-bond acceptors (Lipinski definition) is 1. The summed E-state index contributed by atoms with van der Waals surface area (Å²) < 4.78 is 0. The number of nitrogens with one attached hydrogen (secondary N) is 1. The summed E-state index contributed by atoms with van der Waals surface area (Å²) in [7, 11) is 0. The third kappa shape index (κ3) is 4.80. The zero-order valence-corrected chi connectivity index (χ0v) is 10.6. The van der Waals surface area contributed by atoms with Crippen LogP contribution in [0.1, 0.15) is 11.1 Å². The van der Waals surface area contributed by atoms with Gasteiger partial charge in [0.15, 0.2) is 0 Å². The summed E-state index contributed by atoms with van der Waals surface area (Å²) in [5.41, 5.74) is 2.16. The molecule has 1 amide bonds. The maximum Gasteiger partial charge on any atom is 0.244 e. The molecule has 0 spiro atoms. The van der Waals surface area contributed by atoms with Gasteiger partial charge >= 0.3 is 0 Å². The normalized spacial score (nSPS) is 10.5.